The van der Waals surface area contributed by atoms with Gasteiger partial charge in [0.05, 0.1) is 13.2 Å². The average Bonchev–Trinajstić information content (AvgIpc) is 2.93. The largest absolute Gasteiger partial charge is 0.497 e. The van der Waals surface area contributed by atoms with Crippen molar-refractivity contribution < 1.29 is 14.3 Å². The summed E-state index contributed by atoms with van der Waals surface area (Å²) in [6.07, 6.45) is 2.73. The predicted molar refractivity (Wildman–Crippen MR) is 80.4 cm³/mol. The van der Waals surface area contributed by atoms with Gasteiger partial charge in [-0.05, 0) is 17.9 Å². The van der Waals surface area contributed by atoms with Crippen LogP contribution in [0.4, 0.5) is 0 Å². The normalized spacial score (nSPS) is 22.1. The molecule has 0 aromatic carbocycles. The molecule has 0 unspecified atom stereocenters. The first-order chi connectivity index (χ1) is 9.91. The lowest BCUT2D eigenvalue weighted by Crippen LogP contribution is -2.38. The fraction of sp³-hybridized carbons (Fsp3) is 0.625. The van der Waals surface area contributed by atoms with Crippen LogP contribution in [0.1, 0.15) is 37.7 Å². The third-order valence-corrected chi connectivity index (χ3v) is 3.79. The van der Waals surface area contributed by atoms with Gasteiger partial charge in [-0.2, -0.15) is 0 Å². The van der Waals surface area contributed by atoms with Crippen molar-refractivity contribution in [2.24, 2.45) is 11.3 Å². The summed E-state index contributed by atoms with van der Waals surface area (Å²) < 4.78 is 10.9. The quantitative estimate of drug-likeness (QED) is 0.925. The minimum absolute atomic E-state index is 0.0834. The Hall–Kier alpha value is -1.62. The Balaban J connectivity index is 1.94. The van der Waals surface area contributed by atoms with Crippen LogP contribution in [0.2, 0.25) is 0 Å². The zero-order valence-electron chi connectivity index (χ0n) is 13.2. The van der Waals surface area contributed by atoms with Gasteiger partial charge < -0.3 is 14.8 Å². The van der Waals surface area contributed by atoms with Gasteiger partial charge in [0.25, 0.3) is 5.91 Å². The molecule has 1 aromatic heterocycles. The number of nitrogens with one attached hydrogen (secondary N) is 1. The van der Waals surface area contributed by atoms with Crippen LogP contribution >= 0.6 is 0 Å². The Morgan fingerprint density at radius 3 is 2.95 bits per heavy atom. The molecule has 0 saturated carbocycles. The molecule has 1 aliphatic heterocycles. The molecule has 5 heteroatoms. The summed E-state index contributed by atoms with van der Waals surface area (Å²) in [6.45, 7) is 7.88. The van der Waals surface area contributed by atoms with E-state index in [0.717, 1.165) is 13.0 Å². The first kappa shape index (κ1) is 15.8. The van der Waals surface area contributed by atoms with E-state index in [2.05, 4.69) is 31.1 Å². The third-order valence-electron chi connectivity index (χ3n) is 3.79. The smallest absolute Gasteiger partial charge is 0.270 e. The maximum atomic E-state index is 12.2. The van der Waals surface area contributed by atoms with E-state index in [1.807, 2.05) is 0 Å². The molecule has 5 nitrogen and oxygen atoms in total. The van der Waals surface area contributed by atoms with Crippen LogP contribution in [0.3, 0.4) is 0 Å². The maximum absolute atomic E-state index is 12.2. The van der Waals surface area contributed by atoms with Crippen molar-refractivity contribution in [3.63, 3.8) is 0 Å². The maximum Gasteiger partial charge on any atom is 0.270 e. The van der Waals surface area contributed by atoms with E-state index in [0.29, 0.717) is 23.9 Å². The molecule has 0 bridgehead atoms. The van der Waals surface area contributed by atoms with Crippen molar-refractivity contribution >= 4 is 5.91 Å². The molecule has 0 spiro atoms. The molecule has 2 rings (SSSR count). The van der Waals surface area contributed by atoms with Gasteiger partial charge in [-0.3, -0.25) is 9.78 Å². The molecule has 2 atom stereocenters. The van der Waals surface area contributed by atoms with E-state index >= 15 is 0 Å². The minimum Gasteiger partial charge on any atom is -0.497 e. The Morgan fingerprint density at radius 2 is 2.29 bits per heavy atom. The number of hydrogen-bond donors (Lipinski definition) is 1. The number of aromatic nitrogens is 1. The van der Waals surface area contributed by atoms with E-state index in [1.165, 1.54) is 0 Å². The van der Waals surface area contributed by atoms with Crippen LogP contribution in [0.5, 0.6) is 5.75 Å². The molecule has 21 heavy (non-hydrogen) atoms. The van der Waals surface area contributed by atoms with E-state index in [4.69, 9.17) is 9.47 Å². The van der Waals surface area contributed by atoms with Gasteiger partial charge in [0, 0.05) is 31.3 Å². The molecule has 1 saturated heterocycles. The summed E-state index contributed by atoms with van der Waals surface area (Å²) in [4.78, 5) is 16.2. The first-order valence-electron chi connectivity index (χ1n) is 7.31. The fourth-order valence-electron chi connectivity index (χ4n) is 2.78. The van der Waals surface area contributed by atoms with Crippen molar-refractivity contribution in [2.75, 3.05) is 20.3 Å². The molecule has 0 radical (unpaired) electrons. The van der Waals surface area contributed by atoms with Crippen molar-refractivity contribution in [1.29, 1.82) is 0 Å². The lowest BCUT2D eigenvalue weighted by Gasteiger charge is -2.31. The van der Waals surface area contributed by atoms with Crippen molar-refractivity contribution in [3.05, 3.63) is 24.0 Å². The predicted octanol–water partition coefficient (Wildman–Crippen LogP) is 2.27. The number of carbonyl (C=O) groups is 1. The van der Waals surface area contributed by atoms with Gasteiger partial charge in [-0.1, -0.05) is 20.8 Å². The number of rotatable bonds is 4. The highest BCUT2D eigenvalue weighted by Gasteiger charge is 2.37. The van der Waals surface area contributed by atoms with E-state index in [-0.39, 0.29) is 17.4 Å². The second-order valence-corrected chi connectivity index (χ2v) is 6.50. The van der Waals surface area contributed by atoms with Gasteiger partial charge in [-0.15, -0.1) is 0 Å². The van der Waals surface area contributed by atoms with Gasteiger partial charge in [0.15, 0.2) is 0 Å². The molecule has 1 fully saturated rings. The van der Waals surface area contributed by atoms with Crippen LogP contribution in [-0.2, 0) is 4.74 Å². The number of pyridine rings is 1. The van der Waals surface area contributed by atoms with Crippen molar-refractivity contribution in [3.8, 4) is 5.75 Å². The fourth-order valence-corrected chi connectivity index (χ4v) is 2.78. The number of ether oxygens (including phenoxy) is 2. The summed E-state index contributed by atoms with van der Waals surface area (Å²) in [5, 5.41) is 2.96. The topological polar surface area (TPSA) is 60.5 Å². The average molecular weight is 292 g/mol. The Morgan fingerprint density at radius 1 is 1.52 bits per heavy atom. The molecule has 1 amide bonds. The lowest BCUT2D eigenvalue weighted by molar-refractivity contribution is 0.00736. The van der Waals surface area contributed by atoms with E-state index in [1.54, 1.807) is 25.4 Å². The molecule has 1 aliphatic rings. The Bertz CT molecular complexity index is 497. The Kier molecular flexibility index (Phi) is 4.83. The van der Waals surface area contributed by atoms with Crippen molar-refractivity contribution in [1.82, 2.24) is 10.3 Å². The van der Waals surface area contributed by atoms with Crippen LogP contribution in [0.15, 0.2) is 18.3 Å². The molecule has 116 valence electrons. The minimum atomic E-state index is -0.173. The van der Waals surface area contributed by atoms with Crippen molar-refractivity contribution in [2.45, 2.75) is 33.3 Å². The highest BCUT2D eigenvalue weighted by Crippen LogP contribution is 2.34. The summed E-state index contributed by atoms with van der Waals surface area (Å²) in [7, 11) is 1.57. The number of carbonyl (C=O) groups excluding carboxylic acids is 1. The monoisotopic (exact) mass is 292 g/mol. The van der Waals surface area contributed by atoms with Gasteiger partial charge >= 0.3 is 0 Å². The number of hydrogen-bond acceptors (Lipinski definition) is 4. The van der Waals surface area contributed by atoms with Gasteiger partial charge in [-0.25, -0.2) is 0 Å². The number of amides is 1. The van der Waals surface area contributed by atoms with Crippen LogP contribution in [0.25, 0.3) is 0 Å². The summed E-state index contributed by atoms with van der Waals surface area (Å²) >= 11 is 0. The van der Waals surface area contributed by atoms with Crippen LogP contribution < -0.4 is 10.1 Å². The lowest BCUT2D eigenvalue weighted by atomic mass is 9.81. The highest BCUT2D eigenvalue weighted by molar-refractivity contribution is 5.92. The molecule has 0 aliphatic carbocycles. The summed E-state index contributed by atoms with van der Waals surface area (Å²) in [6, 6.07) is 3.36. The molecule has 1 N–H and O–H groups in total. The second kappa shape index (κ2) is 6.43. The van der Waals surface area contributed by atoms with E-state index < -0.39 is 0 Å². The molecular weight excluding hydrogens is 268 g/mol. The van der Waals surface area contributed by atoms with Gasteiger partial charge in [0.2, 0.25) is 0 Å². The zero-order chi connectivity index (χ0) is 15.5. The van der Waals surface area contributed by atoms with Gasteiger partial charge in [0.1, 0.15) is 11.4 Å². The molecule has 2 heterocycles. The number of methoxy groups -OCH3 is 1. The standard InChI is InChI=1S/C16H24N2O3/c1-16(2,3)14-11(6-8-21-14)10-18-15(19)13-9-12(20-4)5-7-17-13/h5,7,9,11,14H,6,8,10H2,1-4H3,(H,18,19)/t11-,14+/m1/s1. The molecule has 1 aromatic rings. The highest BCUT2D eigenvalue weighted by atomic mass is 16.5. The van der Waals surface area contributed by atoms with Crippen LogP contribution in [0, 0.1) is 11.3 Å². The molecular formula is C16H24N2O3. The zero-order valence-corrected chi connectivity index (χ0v) is 13.2. The number of nitrogens with zero attached hydrogens (tertiary/aromatic N) is 1. The SMILES string of the molecule is COc1ccnc(C(=O)NC[C@H]2CCO[C@@H]2C(C)(C)C)c1. The Labute approximate surface area is 126 Å². The van der Waals surface area contributed by atoms with Crippen LogP contribution in [-0.4, -0.2) is 37.3 Å². The summed E-state index contributed by atoms with van der Waals surface area (Å²) in [5.41, 5.74) is 0.459. The second-order valence-electron chi connectivity index (χ2n) is 6.50. The summed E-state index contributed by atoms with van der Waals surface area (Å²) in [5.74, 6) is 0.805. The third kappa shape index (κ3) is 3.94. The van der Waals surface area contributed by atoms with E-state index in [9.17, 15) is 4.79 Å². The first-order valence-corrected chi connectivity index (χ1v) is 7.31.